The standard InChI is InChI=1S/C15H17ClN2S/c16-13-7-3-4-11(8-13)10-18-15(19)9-14(17-18)12-5-1-2-6-12/h3-4,7-9,12,17H,1-2,5-6,10H2. The lowest BCUT2D eigenvalue weighted by Gasteiger charge is -2.07. The lowest BCUT2D eigenvalue weighted by atomic mass is 10.1. The zero-order chi connectivity index (χ0) is 13.2. The number of hydrogen-bond acceptors (Lipinski definition) is 1. The quantitative estimate of drug-likeness (QED) is 0.798. The normalized spacial score (nSPS) is 16.1. The van der Waals surface area contributed by atoms with Crippen molar-refractivity contribution in [1.82, 2.24) is 9.78 Å². The van der Waals surface area contributed by atoms with Crippen molar-refractivity contribution in [3.05, 3.63) is 51.3 Å². The van der Waals surface area contributed by atoms with Gasteiger partial charge in [0, 0.05) is 16.6 Å². The van der Waals surface area contributed by atoms with Gasteiger partial charge in [-0.2, -0.15) is 0 Å². The molecule has 1 aromatic heterocycles. The predicted molar refractivity (Wildman–Crippen MR) is 81.4 cm³/mol. The number of halogens is 1. The Bertz CT molecular complexity index is 623. The summed E-state index contributed by atoms with van der Waals surface area (Å²) in [5.41, 5.74) is 2.47. The molecule has 1 aliphatic carbocycles. The Morgan fingerprint density at radius 1 is 1.26 bits per heavy atom. The van der Waals surface area contributed by atoms with Crippen molar-refractivity contribution in [3.63, 3.8) is 0 Å². The van der Waals surface area contributed by atoms with Crippen LogP contribution >= 0.6 is 23.8 Å². The van der Waals surface area contributed by atoms with Crippen molar-refractivity contribution in [2.75, 3.05) is 0 Å². The van der Waals surface area contributed by atoms with Gasteiger partial charge in [-0.1, -0.05) is 48.8 Å². The van der Waals surface area contributed by atoms with E-state index in [4.69, 9.17) is 23.8 Å². The highest BCUT2D eigenvalue weighted by Gasteiger charge is 2.18. The van der Waals surface area contributed by atoms with Crippen molar-refractivity contribution < 1.29 is 0 Å². The predicted octanol–water partition coefficient (Wildman–Crippen LogP) is 4.90. The summed E-state index contributed by atoms with van der Waals surface area (Å²) in [6.45, 7) is 0.756. The molecule has 2 nitrogen and oxygen atoms in total. The minimum atomic E-state index is 0.669. The third kappa shape index (κ3) is 2.93. The Balaban J connectivity index is 1.83. The van der Waals surface area contributed by atoms with Gasteiger partial charge in [0.15, 0.2) is 0 Å². The van der Waals surface area contributed by atoms with E-state index in [2.05, 4.69) is 17.2 Å². The third-order valence-corrected chi connectivity index (χ3v) is 4.41. The highest BCUT2D eigenvalue weighted by atomic mass is 35.5. The number of nitrogens with zero attached hydrogens (tertiary/aromatic N) is 1. The average Bonchev–Trinajstić information content (AvgIpc) is 3.00. The van der Waals surface area contributed by atoms with Crippen molar-refractivity contribution >= 4 is 23.8 Å². The van der Waals surface area contributed by atoms with Crippen LogP contribution in [0.25, 0.3) is 0 Å². The fourth-order valence-electron chi connectivity index (χ4n) is 2.84. The van der Waals surface area contributed by atoms with Gasteiger partial charge in [-0.15, -0.1) is 0 Å². The number of H-pyrrole nitrogens is 1. The fraction of sp³-hybridized carbons (Fsp3) is 0.400. The molecule has 1 aromatic carbocycles. The average molecular weight is 293 g/mol. The number of aromatic amines is 1. The molecule has 1 fully saturated rings. The molecule has 100 valence electrons. The van der Waals surface area contributed by atoms with E-state index in [1.54, 1.807) is 0 Å². The van der Waals surface area contributed by atoms with Crippen LogP contribution in [0.3, 0.4) is 0 Å². The highest BCUT2D eigenvalue weighted by molar-refractivity contribution is 7.71. The van der Waals surface area contributed by atoms with Crippen LogP contribution in [0.1, 0.15) is 42.9 Å². The second-order valence-electron chi connectivity index (χ2n) is 5.25. The molecule has 1 heterocycles. The zero-order valence-corrected chi connectivity index (χ0v) is 12.3. The molecule has 19 heavy (non-hydrogen) atoms. The Morgan fingerprint density at radius 3 is 2.79 bits per heavy atom. The second-order valence-corrected chi connectivity index (χ2v) is 6.10. The van der Waals surface area contributed by atoms with Gasteiger partial charge in [0.2, 0.25) is 0 Å². The molecule has 1 saturated carbocycles. The first kappa shape index (κ1) is 12.9. The minimum Gasteiger partial charge on any atom is -0.301 e. The molecule has 3 rings (SSSR count). The van der Waals surface area contributed by atoms with Crippen molar-refractivity contribution in [3.8, 4) is 0 Å². The molecule has 1 aliphatic rings. The van der Waals surface area contributed by atoms with Crippen LogP contribution in [0.15, 0.2) is 30.3 Å². The van der Waals surface area contributed by atoms with Crippen LogP contribution in [0, 0.1) is 4.64 Å². The molecule has 0 radical (unpaired) electrons. The first-order chi connectivity index (χ1) is 9.22. The highest BCUT2D eigenvalue weighted by Crippen LogP contribution is 2.33. The van der Waals surface area contributed by atoms with Gasteiger partial charge >= 0.3 is 0 Å². The van der Waals surface area contributed by atoms with E-state index in [1.165, 1.54) is 36.9 Å². The molecule has 1 N–H and O–H groups in total. The molecule has 0 atom stereocenters. The molecule has 0 unspecified atom stereocenters. The zero-order valence-electron chi connectivity index (χ0n) is 10.7. The number of hydrogen-bond donors (Lipinski definition) is 1. The summed E-state index contributed by atoms with van der Waals surface area (Å²) in [4.78, 5) is 0. The van der Waals surface area contributed by atoms with E-state index in [1.807, 2.05) is 22.9 Å². The summed E-state index contributed by atoms with van der Waals surface area (Å²) in [6.07, 6.45) is 5.24. The summed E-state index contributed by atoms with van der Waals surface area (Å²) in [5.74, 6) is 0.669. The van der Waals surface area contributed by atoms with Gasteiger partial charge in [0.1, 0.15) is 4.64 Å². The maximum atomic E-state index is 6.01. The molecular formula is C15H17ClN2S. The van der Waals surface area contributed by atoms with Crippen LogP contribution in [-0.4, -0.2) is 9.78 Å². The Kier molecular flexibility index (Phi) is 3.76. The molecule has 0 spiro atoms. The van der Waals surface area contributed by atoms with Gasteiger partial charge in [-0.25, -0.2) is 0 Å². The Morgan fingerprint density at radius 2 is 2.05 bits per heavy atom. The fourth-order valence-corrected chi connectivity index (χ4v) is 3.29. The Hall–Kier alpha value is -1.06. The van der Waals surface area contributed by atoms with Crippen molar-refractivity contribution in [2.24, 2.45) is 0 Å². The summed E-state index contributed by atoms with van der Waals surface area (Å²) < 4.78 is 2.91. The smallest absolute Gasteiger partial charge is 0.122 e. The summed E-state index contributed by atoms with van der Waals surface area (Å²) >= 11 is 11.5. The number of rotatable bonds is 3. The lowest BCUT2D eigenvalue weighted by molar-refractivity contribution is 0.625. The second kappa shape index (κ2) is 5.51. The number of benzene rings is 1. The minimum absolute atomic E-state index is 0.669. The third-order valence-electron chi connectivity index (χ3n) is 3.83. The van der Waals surface area contributed by atoms with Crippen LogP contribution < -0.4 is 0 Å². The van der Waals surface area contributed by atoms with Gasteiger partial charge in [0.25, 0.3) is 0 Å². The van der Waals surface area contributed by atoms with Crippen LogP contribution in [0.2, 0.25) is 5.02 Å². The Labute approximate surface area is 123 Å². The van der Waals surface area contributed by atoms with E-state index >= 15 is 0 Å². The van der Waals surface area contributed by atoms with Gasteiger partial charge in [0.05, 0.1) is 6.54 Å². The van der Waals surface area contributed by atoms with Crippen LogP contribution in [0.4, 0.5) is 0 Å². The lowest BCUT2D eigenvalue weighted by Crippen LogP contribution is -2.03. The summed E-state index contributed by atoms with van der Waals surface area (Å²) in [6, 6.07) is 10.0. The van der Waals surface area contributed by atoms with E-state index < -0.39 is 0 Å². The van der Waals surface area contributed by atoms with E-state index in [9.17, 15) is 0 Å². The maximum absolute atomic E-state index is 6.01. The largest absolute Gasteiger partial charge is 0.301 e. The summed E-state index contributed by atoms with van der Waals surface area (Å²) in [7, 11) is 0. The number of nitrogens with one attached hydrogen (secondary N) is 1. The first-order valence-electron chi connectivity index (χ1n) is 6.76. The molecule has 0 saturated heterocycles. The van der Waals surface area contributed by atoms with Crippen molar-refractivity contribution in [1.29, 1.82) is 0 Å². The van der Waals surface area contributed by atoms with Crippen molar-refractivity contribution in [2.45, 2.75) is 38.1 Å². The van der Waals surface area contributed by atoms with Gasteiger partial charge in [-0.3, -0.25) is 4.68 Å². The molecule has 0 bridgehead atoms. The molecular weight excluding hydrogens is 276 g/mol. The summed E-state index contributed by atoms with van der Waals surface area (Å²) in [5, 5.41) is 4.23. The molecule has 0 amide bonds. The first-order valence-corrected chi connectivity index (χ1v) is 7.55. The maximum Gasteiger partial charge on any atom is 0.122 e. The SMILES string of the molecule is S=c1cc(C2CCCC2)[nH]n1Cc1cccc(Cl)c1. The topological polar surface area (TPSA) is 20.7 Å². The number of aromatic nitrogens is 2. The van der Waals surface area contributed by atoms with Gasteiger partial charge in [-0.05, 0) is 36.6 Å². The van der Waals surface area contributed by atoms with E-state index in [0.717, 1.165) is 16.2 Å². The van der Waals surface area contributed by atoms with Crippen LogP contribution in [0.5, 0.6) is 0 Å². The van der Waals surface area contributed by atoms with E-state index in [0.29, 0.717) is 5.92 Å². The molecule has 4 heteroatoms. The molecule has 0 aliphatic heterocycles. The molecule has 2 aromatic rings. The van der Waals surface area contributed by atoms with E-state index in [-0.39, 0.29) is 0 Å². The van der Waals surface area contributed by atoms with Crippen LogP contribution in [-0.2, 0) is 6.54 Å². The van der Waals surface area contributed by atoms with Gasteiger partial charge < -0.3 is 5.10 Å². The monoisotopic (exact) mass is 292 g/mol.